The molecule has 0 aromatic carbocycles. The SMILES string of the molecule is C=C/C(Cl)=C(Cl)\C=C(/C)CNc1ncnc2c1CC(Cl)C=C2. The van der Waals surface area contributed by atoms with E-state index in [-0.39, 0.29) is 5.38 Å². The molecule has 1 aromatic rings. The first-order valence-electron chi connectivity index (χ1n) is 6.76. The summed E-state index contributed by atoms with van der Waals surface area (Å²) < 4.78 is 0. The Labute approximate surface area is 145 Å². The Morgan fingerprint density at radius 3 is 2.91 bits per heavy atom. The van der Waals surface area contributed by atoms with E-state index in [9.17, 15) is 0 Å². The summed E-state index contributed by atoms with van der Waals surface area (Å²) in [5, 5.41) is 4.15. The number of hydrogen-bond acceptors (Lipinski definition) is 3. The first-order chi connectivity index (χ1) is 10.5. The van der Waals surface area contributed by atoms with E-state index in [0.717, 1.165) is 22.6 Å². The van der Waals surface area contributed by atoms with Crippen LogP contribution in [-0.2, 0) is 6.42 Å². The van der Waals surface area contributed by atoms with Crippen molar-refractivity contribution in [3.05, 3.63) is 58.0 Å². The molecule has 3 nitrogen and oxygen atoms in total. The van der Waals surface area contributed by atoms with Crippen molar-refractivity contribution in [3.8, 4) is 0 Å². The van der Waals surface area contributed by atoms with Crippen molar-refractivity contribution < 1.29 is 0 Å². The van der Waals surface area contributed by atoms with E-state index in [1.54, 1.807) is 12.4 Å². The summed E-state index contributed by atoms with van der Waals surface area (Å²) in [6.07, 6.45) is 9.43. The number of aromatic nitrogens is 2. The third-order valence-corrected chi connectivity index (χ3v) is 4.22. The quantitative estimate of drug-likeness (QED) is 0.603. The fourth-order valence-corrected chi connectivity index (χ4v) is 2.58. The van der Waals surface area contributed by atoms with Crippen LogP contribution in [0.15, 0.2) is 46.8 Å². The van der Waals surface area contributed by atoms with Crippen molar-refractivity contribution >= 4 is 46.7 Å². The van der Waals surface area contributed by atoms with Crippen molar-refractivity contribution in [2.45, 2.75) is 18.7 Å². The fourth-order valence-electron chi connectivity index (χ4n) is 2.04. The molecule has 1 aliphatic rings. The average Bonchev–Trinajstić information content (AvgIpc) is 2.51. The molecular formula is C16H16Cl3N3. The van der Waals surface area contributed by atoms with Gasteiger partial charge in [-0.1, -0.05) is 41.4 Å². The number of nitrogens with one attached hydrogen (secondary N) is 1. The summed E-state index contributed by atoms with van der Waals surface area (Å²) in [5.41, 5.74) is 2.96. The molecule has 0 saturated carbocycles. The molecule has 0 bridgehead atoms. The molecular weight excluding hydrogens is 341 g/mol. The molecule has 0 fully saturated rings. The molecule has 0 saturated heterocycles. The lowest BCUT2D eigenvalue weighted by Crippen LogP contribution is -2.14. The molecule has 2 rings (SSSR count). The number of allylic oxidation sites excluding steroid dienone is 5. The van der Waals surface area contributed by atoms with Crippen LogP contribution in [0, 0.1) is 0 Å². The van der Waals surface area contributed by atoms with Gasteiger partial charge in [-0.3, -0.25) is 0 Å². The Bertz CT molecular complexity index is 663. The average molecular weight is 357 g/mol. The van der Waals surface area contributed by atoms with Gasteiger partial charge in [-0.2, -0.15) is 0 Å². The highest BCUT2D eigenvalue weighted by molar-refractivity contribution is 6.41. The van der Waals surface area contributed by atoms with Crippen molar-refractivity contribution in [1.29, 1.82) is 0 Å². The molecule has 22 heavy (non-hydrogen) atoms. The Hall–Kier alpha value is -1.29. The van der Waals surface area contributed by atoms with Gasteiger partial charge in [0.25, 0.3) is 0 Å². The lowest BCUT2D eigenvalue weighted by atomic mass is 10.0. The molecule has 0 aliphatic heterocycles. The van der Waals surface area contributed by atoms with Crippen LogP contribution in [0.3, 0.4) is 0 Å². The summed E-state index contributed by atoms with van der Waals surface area (Å²) in [6, 6.07) is 0. The highest BCUT2D eigenvalue weighted by atomic mass is 35.5. The minimum Gasteiger partial charge on any atom is -0.366 e. The Morgan fingerprint density at radius 1 is 1.41 bits per heavy atom. The molecule has 0 spiro atoms. The first-order valence-corrected chi connectivity index (χ1v) is 7.95. The molecule has 1 heterocycles. The van der Waals surface area contributed by atoms with Crippen LogP contribution in [0.25, 0.3) is 6.08 Å². The predicted octanol–water partition coefficient (Wildman–Crippen LogP) is 4.89. The maximum atomic E-state index is 6.17. The maximum Gasteiger partial charge on any atom is 0.133 e. The summed E-state index contributed by atoms with van der Waals surface area (Å²) in [5.74, 6) is 0.794. The monoisotopic (exact) mass is 355 g/mol. The topological polar surface area (TPSA) is 37.8 Å². The molecule has 1 aliphatic carbocycles. The molecule has 1 unspecified atom stereocenters. The van der Waals surface area contributed by atoms with Gasteiger partial charge in [-0.25, -0.2) is 9.97 Å². The molecule has 116 valence electrons. The van der Waals surface area contributed by atoms with Gasteiger partial charge in [0.15, 0.2) is 0 Å². The van der Waals surface area contributed by atoms with Crippen molar-refractivity contribution in [2.75, 3.05) is 11.9 Å². The van der Waals surface area contributed by atoms with Crippen LogP contribution in [-0.4, -0.2) is 21.9 Å². The summed E-state index contributed by atoms with van der Waals surface area (Å²) in [7, 11) is 0. The number of hydrogen-bond donors (Lipinski definition) is 1. The number of alkyl halides is 1. The molecule has 1 atom stereocenters. The summed E-state index contributed by atoms with van der Waals surface area (Å²) in [6.45, 7) is 6.14. The Kier molecular flexibility index (Phi) is 6.07. The summed E-state index contributed by atoms with van der Waals surface area (Å²) in [4.78, 5) is 8.56. The highest BCUT2D eigenvalue weighted by Crippen LogP contribution is 2.25. The molecule has 1 N–H and O–H groups in total. The lowest BCUT2D eigenvalue weighted by molar-refractivity contribution is 0.941. The third kappa shape index (κ3) is 4.35. The Morgan fingerprint density at radius 2 is 2.18 bits per heavy atom. The van der Waals surface area contributed by atoms with Crippen molar-refractivity contribution in [2.24, 2.45) is 0 Å². The zero-order valence-corrected chi connectivity index (χ0v) is 14.4. The van der Waals surface area contributed by atoms with Crippen LogP contribution in [0.2, 0.25) is 0 Å². The van der Waals surface area contributed by atoms with Gasteiger partial charge in [0.1, 0.15) is 12.1 Å². The second-order valence-electron chi connectivity index (χ2n) is 4.91. The van der Waals surface area contributed by atoms with Gasteiger partial charge in [0.2, 0.25) is 0 Å². The Balaban J connectivity index is 2.12. The minimum absolute atomic E-state index is 0.0283. The predicted molar refractivity (Wildman–Crippen MR) is 95.6 cm³/mol. The van der Waals surface area contributed by atoms with Gasteiger partial charge in [0.05, 0.1) is 21.1 Å². The standard InChI is InChI=1S/C16H16Cl3N3/c1-3-13(18)14(19)6-10(2)8-20-16-12-7-11(17)4-5-15(12)21-9-22-16/h3-6,9,11H,1,7-8H2,2H3,(H,20,21,22)/b10-6+,14-13-. The highest BCUT2D eigenvalue weighted by Gasteiger charge is 2.16. The molecule has 1 aromatic heterocycles. The van der Waals surface area contributed by atoms with Crippen LogP contribution in [0.5, 0.6) is 0 Å². The maximum absolute atomic E-state index is 6.17. The van der Waals surface area contributed by atoms with Crippen LogP contribution >= 0.6 is 34.8 Å². The van der Waals surface area contributed by atoms with E-state index in [1.807, 2.05) is 19.1 Å². The normalized spacial score (nSPS) is 18.5. The van der Waals surface area contributed by atoms with E-state index in [2.05, 4.69) is 21.9 Å². The molecule has 6 heteroatoms. The lowest BCUT2D eigenvalue weighted by Gasteiger charge is -2.17. The van der Waals surface area contributed by atoms with Gasteiger partial charge in [-0.15, -0.1) is 11.6 Å². The van der Waals surface area contributed by atoms with E-state index in [4.69, 9.17) is 34.8 Å². The number of anilines is 1. The van der Waals surface area contributed by atoms with E-state index in [0.29, 0.717) is 23.0 Å². The van der Waals surface area contributed by atoms with Gasteiger partial charge in [0, 0.05) is 12.1 Å². The van der Waals surface area contributed by atoms with E-state index in [1.165, 1.54) is 6.08 Å². The smallest absolute Gasteiger partial charge is 0.133 e. The number of halogens is 3. The van der Waals surface area contributed by atoms with Gasteiger partial charge >= 0.3 is 0 Å². The fraction of sp³-hybridized carbons (Fsp3) is 0.250. The van der Waals surface area contributed by atoms with Gasteiger partial charge in [-0.05, 0) is 31.6 Å². The molecule has 0 radical (unpaired) electrons. The van der Waals surface area contributed by atoms with Gasteiger partial charge < -0.3 is 5.32 Å². The van der Waals surface area contributed by atoms with Crippen LogP contribution < -0.4 is 5.32 Å². The number of rotatable bonds is 5. The number of fused-ring (bicyclic) bond motifs is 1. The van der Waals surface area contributed by atoms with Crippen molar-refractivity contribution in [1.82, 2.24) is 9.97 Å². The van der Waals surface area contributed by atoms with Crippen molar-refractivity contribution in [3.63, 3.8) is 0 Å². The largest absolute Gasteiger partial charge is 0.366 e. The van der Waals surface area contributed by atoms with E-state index < -0.39 is 0 Å². The zero-order chi connectivity index (χ0) is 16.1. The minimum atomic E-state index is -0.0283. The first kappa shape index (κ1) is 17.1. The third-order valence-electron chi connectivity index (χ3n) is 3.16. The van der Waals surface area contributed by atoms with E-state index >= 15 is 0 Å². The second-order valence-corrected chi connectivity index (χ2v) is 6.28. The summed E-state index contributed by atoms with van der Waals surface area (Å²) >= 11 is 18.1. The number of nitrogens with zero attached hydrogens (tertiary/aromatic N) is 2. The van der Waals surface area contributed by atoms with Crippen LogP contribution in [0.4, 0.5) is 5.82 Å². The molecule has 0 amide bonds. The second kappa shape index (κ2) is 7.82. The van der Waals surface area contributed by atoms with Crippen LogP contribution in [0.1, 0.15) is 18.2 Å². The zero-order valence-electron chi connectivity index (χ0n) is 12.1.